The van der Waals surface area contributed by atoms with Crippen molar-refractivity contribution in [3.8, 4) is 0 Å². The van der Waals surface area contributed by atoms with Gasteiger partial charge < -0.3 is 4.74 Å². The molecule has 1 atom stereocenters. The van der Waals surface area contributed by atoms with E-state index in [4.69, 9.17) is 4.74 Å². The van der Waals surface area contributed by atoms with Gasteiger partial charge in [0.25, 0.3) is 0 Å². The number of allylic oxidation sites excluding steroid dienone is 1. The van der Waals surface area contributed by atoms with Crippen LogP contribution < -0.4 is 0 Å². The van der Waals surface area contributed by atoms with Crippen LogP contribution >= 0.6 is 0 Å². The number of esters is 1. The maximum atomic E-state index is 10.9. The molecule has 2 heteroatoms. The highest BCUT2D eigenvalue weighted by Crippen LogP contribution is 2.30. The molecule has 2 rings (SSSR count). The lowest BCUT2D eigenvalue weighted by Gasteiger charge is -2.15. The summed E-state index contributed by atoms with van der Waals surface area (Å²) in [5, 5.41) is 0. The average molecular weight is 202 g/mol. The first-order chi connectivity index (χ1) is 7.27. The molecule has 0 saturated heterocycles. The minimum absolute atomic E-state index is 0.0510. The normalized spacial score (nSPS) is 19.8. The Morgan fingerprint density at radius 3 is 2.73 bits per heavy atom. The van der Waals surface area contributed by atoms with Crippen LogP contribution in [0.25, 0.3) is 5.57 Å². The third kappa shape index (κ3) is 2.27. The summed E-state index contributed by atoms with van der Waals surface area (Å²) in [7, 11) is 0. The van der Waals surface area contributed by atoms with Crippen LogP contribution in [0.5, 0.6) is 0 Å². The summed E-state index contributed by atoms with van der Waals surface area (Å²) in [6.45, 7) is 1.46. The van der Waals surface area contributed by atoms with Gasteiger partial charge in [-0.25, -0.2) is 0 Å². The number of rotatable bonds is 2. The number of benzene rings is 1. The van der Waals surface area contributed by atoms with Gasteiger partial charge in [-0.1, -0.05) is 36.4 Å². The fourth-order valence-corrected chi connectivity index (χ4v) is 1.93. The second-order valence-electron chi connectivity index (χ2n) is 3.70. The molecule has 0 fully saturated rings. The highest BCUT2D eigenvalue weighted by Gasteiger charge is 2.22. The molecule has 1 aliphatic rings. The molecule has 0 N–H and O–H groups in total. The van der Waals surface area contributed by atoms with Crippen LogP contribution in [0.3, 0.4) is 0 Å². The summed E-state index contributed by atoms with van der Waals surface area (Å²) in [5.74, 6) is -0.205. The molecular formula is C13H14O2. The molecule has 0 amide bonds. The molecule has 15 heavy (non-hydrogen) atoms. The Morgan fingerprint density at radius 2 is 2.07 bits per heavy atom. The monoisotopic (exact) mass is 202 g/mol. The zero-order valence-electron chi connectivity index (χ0n) is 8.77. The van der Waals surface area contributed by atoms with E-state index in [1.54, 1.807) is 0 Å². The van der Waals surface area contributed by atoms with Crippen molar-refractivity contribution < 1.29 is 9.53 Å². The molecule has 1 aliphatic carbocycles. The summed E-state index contributed by atoms with van der Waals surface area (Å²) in [4.78, 5) is 10.9. The van der Waals surface area contributed by atoms with Gasteiger partial charge in [0.15, 0.2) is 0 Å². The summed E-state index contributed by atoms with van der Waals surface area (Å²) >= 11 is 0. The summed E-state index contributed by atoms with van der Waals surface area (Å²) < 4.78 is 5.27. The van der Waals surface area contributed by atoms with Crippen LogP contribution in [-0.2, 0) is 9.53 Å². The Balaban J connectivity index is 2.18. The van der Waals surface area contributed by atoms with E-state index in [1.807, 2.05) is 30.3 Å². The van der Waals surface area contributed by atoms with Crippen molar-refractivity contribution in [3.05, 3.63) is 42.0 Å². The molecule has 0 aromatic heterocycles. The van der Waals surface area contributed by atoms with Crippen molar-refractivity contribution in [2.24, 2.45) is 0 Å². The lowest BCUT2D eigenvalue weighted by molar-refractivity contribution is -0.143. The van der Waals surface area contributed by atoms with E-state index >= 15 is 0 Å². The summed E-state index contributed by atoms with van der Waals surface area (Å²) in [6, 6.07) is 10.1. The number of ether oxygens (including phenoxy) is 1. The predicted octanol–water partition coefficient (Wildman–Crippen LogP) is 2.80. The van der Waals surface area contributed by atoms with E-state index < -0.39 is 0 Å². The first-order valence-electron chi connectivity index (χ1n) is 5.20. The van der Waals surface area contributed by atoms with Gasteiger partial charge in [-0.3, -0.25) is 4.79 Å². The third-order valence-electron chi connectivity index (χ3n) is 2.56. The van der Waals surface area contributed by atoms with Crippen LogP contribution in [0.15, 0.2) is 36.4 Å². The molecule has 1 aromatic rings. The Bertz CT molecular complexity index is 379. The van der Waals surface area contributed by atoms with E-state index in [0.717, 1.165) is 24.0 Å². The maximum Gasteiger partial charge on any atom is 0.303 e. The van der Waals surface area contributed by atoms with Crippen LogP contribution in [0, 0.1) is 0 Å². The molecule has 0 bridgehead atoms. The Morgan fingerprint density at radius 1 is 1.33 bits per heavy atom. The van der Waals surface area contributed by atoms with E-state index in [1.165, 1.54) is 6.92 Å². The van der Waals surface area contributed by atoms with Crippen molar-refractivity contribution in [3.63, 3.8) is 0 Å². The minimum Gasteiger partial charge on any atom is -0.458 e. The fraction of sp³-hybridized carbons (Fsp3) is 0.308. The molecule has 0 spiro atoms. The van der Waals surface area contributed by atoms with Crippen molar-refractivity contribution >= 4 is 11.5 Å². The topological polar surface area (TPSA) is 26.3 Å². The molecule has 2 nitrogen and oxygen atoms in total. The molecule has 0 aliphatic heterocycles. The third-order valence-corrected chi connectivity index (χ3v) is 2.56. The highest BCUT2D eigenvalue weighted by atomic mass is 16.5. The van der Waals surface area contributed by atoms with Gasteiger partial charge in [-0.2, -0.15) is 0 Å². The lowest BCUT2D eigenvalue weighted by Crippen LogP contribution is -2.14. The average Bonchev–Trinajstić information content (AvgIpc) is 2.66. The second kappa shape index (κ2) is 4.30. The zero-order valence-corrected chi connectivity index (χ0v) is 8.77. The molecule has 0 radical (unpaired) electrons. The van der Waals surface area contributed by atoms with Gasteiger partial charge in [0.1, 0.15) is 6.10 Å². The molecule has 1 aromatic carbocycles. The molecule has 78 valence electrons. The Hall–Kier alpha value is -1.57. The lowest BCUT2D eigenvalue weighted by atomic mass is 10.0. The van der Waals surface area contributed by atoms with Gasteiger partial charge in [0, 0.05) is 6.92 Å². The summed E-state index contributed by atoms with van der Waals surface area (Å²) in [5.41, 5.74) is 2.30. The SMILES string of the molecule is CC(=O)O[C@@H]1CCC=C1c1ccccc1. The van der Waals surface area contributed by atoms with Gasteiger partial charge in [0.2, 0.25) is 0 Å². The standard InChI is InChI=1S/C13H14O2/c1-10(14)15-13-9-5-8-12(13)11-6-3-2-4-7-11/h2-4,6-8,13H,5,9H2,1H3/t13-/m1/s1. The Labute approximate surface area is 89.6 Å². The van der Waals surface area contributed by atoms with Gasteiger partial charge >= 0.3 is 5.97 Å². The minimum atomic E-state index is -0.205. The first-order valence-corrected chi connectivity index (χ1v) is 5.20. The smallest absolute Gasteiger partial charge is 0.303 e. The van der Waals surface area contributed by atoms with Crippen LogP contribution in [-0.4, -0.2) is 12.1 Å². The zero-order chi connectivity index (χ0) is 10.7. The van der Waals surface area contributed by atoms with Crippen molar-refractivity contribution in [2.45, 2.75) is 25.9 Å². The molecule has 0 saturated carbocycles. The predicted molar refractivity (Wildman–Crippen MR) is 59.2 cm³/mol. The van der Waals surface area contributed by atoms with E-state index in [2.05, 4.69) is 6.08 Å². The van der Waals surface area contributed by atoms with Crippen LogP contribution in [0.4, 0.5) is 0 Å². The fourth-order valence-electron chi connectivity index (χ4n) is 1.93. The number of hydrogen-bond acceptors (Lipinski definition) is 2. The maximum absolute atomic E-state index is 10.9. The molecule has 0 heterocycles. The molecule has 0 unspecified atom stereocenters. The quantitative estimate of drug-likeness (QED) is 0.689. The first kappa shape index (κ1) is 9.97. The second-order valence-corrected chi connectivity index (χ2v) is 3.70. The van der Waals surface area contributed by atoms with Crippen molar-refractivity contribution in [2.75, 3.05) is 0 Å². The van der Waals surface area contributed by atoms with E-state index in [0.29, 0.717) is 0 Å². The number of carbonyl (C=O) groups is 1. The number of hydrogen-bond donors (Lipinski definition) is 0. The molecular weight excluding hydrogens is 188 g/mol. The summed E-state index contributed by atoms with van der Waals surface area (Å²) in [6.07, 6.45) is 4.00. The number of carbonyl (C=O) groups excluding carboxylic acids is 1. The van der Waals surface area contributed by atoms with Crippen LogP contribution in [0.2, 0.25) is 0 Å². The van der Waals surface area contributed by atoms with Gasteiger partial charge in [-0.15, -0.1) is 0 Å². The van der Waals surface area contributed by atoms with Crippen LogP contribution in [0.1, 0.15) is 25.3 Å². The van der Waals surface area contributed by atoms with Gasteiger partial charge in [-0.05, 0) is 24.0 Å². The van der Waals surface area contributed by atoms with Gasteiger partial charge in [0.05, 0.1) is 0 Å². The highest BCUT2D eigenvalue weighted by molar-refractivity contribution is 5.74. The Kier molecular flexibility index (Phi) is 2.86. The van der Waals surface area contributed by atoms with Crippen molar-refractivity contribution in [1.82, 2.24) is 0 Å². The van der Waals surface area contributed by atoms with Crippen molar-refractivity contribution in [1.29, 1.82) is 0 Å². The van der Waals surface area contributed by atoms with E-state index in [9.17, 15) is 4.79 Å². The van der Waals surface area contributed by atoms with E-state index in [-0.39, 0.29) is 12.1 Å². The largest absolute Gasteiger partial charge is 0.458 e.